The number of esters is 1. The highest BCUT2D eigenvalue weighted by Crippen LogP contribution is 2.04. The van der Waals surface area contributed by atoms with Crippen LogP contribution in [0.1, 0.15) is 16.1 Å². The second-order valence-corrected chi connectivity index (χ2v) is 3.39. The van der Waals surface area contributed by atoms with E-state index < -0.39 is 5.97 Å². The minimum absolute atomic E-state index is 0.112. The first-order valence-electron chi connectivity index (χ1n) is 5.04. The van der Waals surface area contributed by atoms with Crippen LogP contribution in [0.5, 0.6) is 0 Å². The molecular weight excluding hydrogens is 218 g/mol. The Kier molecular flexibility index (Phi) is 3.30. The topological polar surface area (TPSA) is 78.1 Å². The van der Waals surface area contributed by atoms with Crippen LogP contribution in [0.2, 0.25) is 0 Å². The van der Waals surface area contributed by atoms with Crippen molar-refractivity contribution in [1.82, 2.24) is 9.97 Å². The monoisotopic (exact) mass is 229 g/mol. The maximum atomic E-state index is 11.6. The summed E-state index contributed by atoms with van der Waals surface area (Å²) in [5.74, 6) is -0.340. The summed E-state index contributed by atoms with van der Waals surface area (Å²) in [4.78, 5) is 19.2. The normalized spacial score (nSPS) is 9.88. The highest BCUT2D eigenvalue weighted by Gasteiger charge is 2.09. The molecule has 0 aliphatic rings. The van der Waals surface area contributed by atoms with Crippen molar-refractivity contribution in [2.45, 2.75) is 6.61 Å². The quantitative estimate of drug-likeness (QED) is 0.805. The second-order valence-electron chi connectivity index (χ2n) is 3.39. The van der Waals surface area contributed by atoms with Gasteiger partial charge in [0.05, 0.1) is 12.4 Å². The molecule has 1 aromatic heterocycles. The lowest BCUT2D eigenvalue weighted by molar-refractivity contribution is 0.0465. The van der Waals surface area contributed by atoms with E-state index >= 15 is 0 Å². The second kappa shape index (κ2) is 5.07. The number of nitrogens with two attached hydrogens (primary N) is 1. The van der Waals surface area contributed by atoms with Crippen LogP contribution >= 0.6 is 0 Å². The minimum atomic E-state index is -0.534. The summed E-state index contributed by atoms with van der Waals surface area (Å²) in [5.41, 5.74) is 6.45. The third-order valence-corrected chi connectivity index (χ3v) is 2.08. The van der Waals surface area contributed by atoms with Gasteiger partial charge < -0.3 is 10.5 Å². The molecule has 2 aromatic rings. The van der Waals surface area contributed by atoms with Crippen molar-refractivity contribution >= 4 is 11.8 Å². The molecule has 0 bridgehead atoms. The third kappa shape index (κ3) is 3.01. The number of rotatable bonds is 3. The summed E-state index contributed by atoms with van der Waals surface area (Å²) in [7, 11) is 0. The fourth-order valence-electron chi connectivity index (χ4n) is 1.28. The van der Waals surface area contributed by atoms with Gasteiger partial charge in [-0.05, 0) is 5.56 Å². The number of carbonyl (C=O) groups excluding carboxylic acids is 1. The van der Waals surface area contributed by atoms with E-state index in [1.54, 1.807) is 0 Å². The average Bonchev–Trinajstić information content (AvgIpc) is 2.37. The van der Waals surface area contributed by atoms with Gasteiger partial charge in [0.2, 0.25) is 0 Å². The molecule has 2 N–H and O–H groups in total. The van der Waals surface area contributed by atoms with Crippen LogP contribution in [0.25, 0.3) is 0 Å². The molecule has 0 aliphatic heterocycles. The molecular formula is C12H11N3O2. The van der Waals surface area contributed by atoms with Crippen molar-refractivity contribution in [2.75, 3.05) is 5.73 Å². The van der Waals surface area contributed by atoms with E-state index in [9.17, 15) is 4.79 Å². The molecule has 17 heavy (non-hydrogen) atoms. The molecule has 0 unspecified atom stereocenters. The molecule has 1 aromatic carbocycles. The molecule has 2 rings (SSSR count). The lowest BCUT2D eigenvalue weighted by Gasteiger charge is -2.04. The number of ether oxygens (including phenoxy) is 1. The summed E-state index contributed by atoms with van der Waals surface area (Å²) >= 11 is 0. The van der Waals surface area contributed by atoms with Gasteiger partial charge >= 0.3 is 5.97 Å². The minimum Gasteiger partial charge on any atom is -0.456 e. The van der Waals surface area contributed by atoms with Crippen LogP contribution in [0.15, 0.2) is 42.7 Å². The van der Waals surface area contributed by atoms with Gasteiger partial charge in [-0.1, -0.05) is 30.3 Å². The molecule has 1 heterocycles. The molecule has 5 nitrogen and oxygen atoms in total. The van der Waals surface area contributed by atoms with Gasteiger partial charge in [-0.25, -0.2) is 9.78 Å². The summed E-state index contributed by atoms with van der Waals surface area (Å²) in [6, 6.07) is 9.40. The molecule has 0 amide bonds. The highest BCUT2D eigenvalue weighted by molar-refractivity contribution is 5.87. The van der Waals surface area contributed by atoms with Gasteiger partial charge in [0, 0.05) is 0 Å². The first kappa shape index (κ1) is 11.1. The van der Waals surface area contributed by atoms with Gasteiger partial charge in [0.1, 0.15) is 12.4 Å². The van der Waals surface area contributed by atoms with E-state index in [1.807, 2.05) is 30.3 Å². The van der Waals surface area contributed by atoms with E-state index in [0.717, 1.165) is 5.56 Å². The SMILES string of the molecule is Nc1cncc(C(=O)OCc2ccccc2)n1. The number of carbonyl (C=O) groups is 1. The summed E-state index contributed by atoms with van der Waals surface area (Å²) in [5, 5.41) is 0. The molecule has 0 saturated heterocycles. The number of hydrogen-bond donors (Lipinski definition) is 1. The van der Waals surface area contributed by atoms with E-state index in [1.165, 1.54) is 12.4 Å². The predicted octanol–water partition coefficient (Wildman–Crippen LogP) is 1.42. The van der Waals surface area contributed by atoms with Crippen LogP contribution in [0, 0.1) is 0 Å². The highest BCUT2D eigenvalue weighted by atomic mass is 16.5. The Morgan fingerprint density at radius 1 is 1.24 bits per heavy atom. The first-order chi connectivity index (χ1) is 8.25. The number of benzene rings is 1. The van der Waals surface area contributed by atoms with Crippen LogP contribution in [-0.2, 0) is 11.3 Å². The Hall–Kier alpha value is -2.43. The number of hydrogen-bond acceptors (Lipinski definition) is 5. The zero-order chi connectivity index (χ0) is 12.1. The molecule has 0 atom stereocenters. The molecule has 0 spiro atoms. The smallest absolute Gasteiger partial charge is 0.358 e. The lowest BCUT2D eigenvalue weighted by atomic mass is 10.2. The maximum Gasteiger partial charge on any atom is 0.358 e. The Morgan fingerprint density at radius 3 is 2.71 bits per heavy atom. The van der Waals surface area contributed by atoms with Crippen LogP contribution in [0.3, 0.4) is 0 Å². The van der Waals surface area contributed by atoms with Crippen molar-refractivity contribution in [3.63, 3.8) is 0 Å². The molecule has 5 heteroatoms. The van der Waals surface area contributed by atoms with Crippen LogP contribution in [-0.4, -0.2) is 15.9 Å². The number of nitrogens with zero attached hydrogens (tertiary/aromatic N) is 2. The van der Waals surface area contributed by atoms with Crippen molar-refractivity contribution in [2.24, 2.45) is 0 Å². The van der Waals surface area contributed by atoms with Crippen LogP contribution in [0.4, 0.5) is 5.82 Å². The predicted molar refractivity (Wildman–Crippen MR) is 62.0 cm³/mol. The maximum absolute atomic E-state index is 11.6. The van der Waals surface area contributed by atoms with Crippen molar-refractivity contribution < 1.29 is 9.53 Å². The van der Waals surface area contributed by atoms with Gasteiger partial charge in [0.25, 0.3) is 0 Å². The lowest BCUT2D eigenvalue weighted by Crippen LogP contribution is -2.09. The van der Waals surface area contributed by atoms with Gasteiger partial charge in [-0.2, -0.15) is 0 Å². The van der Waals surface area contributed by atoms with E-state index in [0.29, 0.717) is 0 Å². The zero-order valence-corrected chi connectivity index (χ0v) is 9.04. The average molecular weight is 229 g/mol. The number of nitrogen functional groups attached to an aromatic ring is 1. The fraction of sp³-hybridized carbons (Fsp3) is 0.0833. The largest absolute Gasteiger partial charge is 0.456 e. The first-order valence-corrected chi connectivity index (χ1v) is 5.04. The standard InChI is InChI=1S/C12H11N3O2/c13-11-7-14-6-10(15-11)12(16)17-8-9-4-2-1-3-5-9/h1-7H,8H2,(H2,13,15). The van der Waals surface area contributed by atoms with Crippen molar-refractivity contribution in [3.05, 3.63) is 54.0 Å². The van der Waals surface area contributed by atoms with Crippen molar-refractivity contribution in [3.8, 4) is 0 Å². The fourth-order valence-corrected chi connectivity index (χ4v) is 1.28. The van der Waals surface area contributed by atoms with E-state index in [-0.39, 0.29) is 18.1 Å². The molecule has 0 fully saturated rings. The van der Waals surface area contributed by atoms with E-state index in [4.69, 9.17) is 10.5 Å². The molecule has 0 radical (unpaired) electrons. The molecule has 0 saturated carbocycles. The summed E-state index contributed by atoms with van der Waals surface area (Å²) in [6.45, 7) is 0.205. The van der Waals surface area contributed by atoms with E-state index in [2.05, 4.69) is 9.97 Å². The third-order valence-electron chi connectivity index (χ3n) is 2.08. The van der Waals surface area contributed by atoms with Gasteiger partial charge in [0.15, 0.2) is 5.69 Å². The van der Waals surface area contributed by atoms with Gasteiger partial charge in [-0.3, -0.25) is 4.98 Å². The molecule has 86 valence electrons. The van der Waals surface area contributed by atoms with Gasteiger partial charge in [-0.15, -0.1) is 0 Å². The zero-order valence-electron chi connectivity index (χ0n) is 9.04. The number of anilines is 1. The summed E-state index contributed by atoms with van der Waals surface area (Å²) < 4.78 is 5.07. The Morgan fingerprint density at radius 2 is 2.00 bits per heavy atom. The van der Waals surface area contributed by atoms with Crippen molar-refractivity contribution in [1.29, 1.82) is 0 Å². The Balaban J connectivity index is 1.98. The summed E-state index contributed by atoms with van der Waals surface area (Å²) in [6.07, 6.45) is 2.69. The van der Waals surface area contributed by atoms with Crippen LogP contribution < -0.4 is 5.73 Å². The molecule has 0 aliphatic carbocycles. The number of aromatic nitrogens is 2. The Bertz CT molecular complexity index is 514. The Labute approximate surface area is 98.3 Å².